The van der Waals surface area contributed by atoms with E-state index >= 15 is 0 Å². The monoisotopic (exact) mass is 375 g/mol. The number of hydrogen-bond acceptors (Lipinski definition) is 5. The van der Waals surface area contributed by atoms with Gasteiger partial charge in [-0.2, -0.15) is 23.5 Å². The van der Waals surface area contributed by atoms with Gasteiger partial charge in [0, 0.05) is 28.2 Å². The third-order valence-corrected chi connectivity index (χ3v) is 6.82. The Bertz CT molecular complexity index is 759. The van der Waals surface area contributed by atoms with Crippen molar-refractivity contribution in [1.29, 1.82) is 0 Å². The highest BCUT2D eigenvalue weighted by Crippen LogP contribution is 2.26. The zero-order valence-corrected chi connectivity index (χ0v) is 15.7. The van der Waals surface area contributed by atoms with E-state index in [2.05, 4.69) is 5.32 Å². The smallest absolute Gasteiger partial charge is 0.307 e. The summed E-state index contributed by atoms with van der Waals surface area (Å²) in [7, 11) is 0. The highest BCUT2D eigenvalue weighted by Gasteiger charge is 2.22. The molecule has 0 bridgehead atoms. The second-order valence-electron chi connectivity index (χ2n) is 5.96. The lowest BCUT2D eigenvalue weighted by Gasteiger charge is -2.21. The molecular weight excluding hydrogens is 354 g/mol. The fourth-order valence-corrected chi connectivity index (χ4v) is 5.31. The lowest BCUT2D eigenvalue weighted by molar-refractivity contribution is -0.153. The molecule has 1 saturated heterocycles. The summed E-state index contributed by atoms with van der Waals surface area (Å²) >= 11 is 3.67. The van der Waals surface area contributed by atoms with Crippen LogP contribution in [0.3, 0.4) is 0 Å². The second kappa shape index (κ2) is 8.63. The minimum absolute atomic E-state index is 0.294. The van der Waals surface area contributed by atoms with Crippen LogP contribution >= 0.6 is 23.5 Å². The number of amides is 1. The molecule has 1 aliphatic rings. The molecule has 0 spiro atoms. The molecule has 2 aromatic carbocycles. The Morgan fingerprint density at radius 1 is 1.20 bits per heavy atom. The van der Waals surface area contributed by atoms with Gasteiger partial charge >= 0.3 is 5.97 Å². The number of ether oxygens (including phenoxy) is 1. The predicted octanol–water partition coefficient (Wildman–Crippen LogP) is 3.95. The average molecular weight is 376 g/mol. The van der Waals surface area contributed by atoms with Gasteiger partial charge in [0.15, 0.2) is 6.10 Å². The molecule has 0 saturated carbocycles. The van der Waals surface area contributed by atoms with Gasteiger partial charge in [0.1, 0.15) is 0 Å². The maximum Gasteiger partial charge on any atom is 0.307 e. The molecule has 25 heavy (non-hydrogen) atoms. The average Bonchev–Trinajstić information content (AvgIpc) is 2.62. The molecule has 0 aliphatic carbocycles. The van der Waals surface area contributed by atoms with Crippen LogP contribution in [0.25, 0.3) is 10.8 Å². The number of fused-ring (bicyclic) bond motifs is 1. The summed E-state index contributed by atoms with van der Waals surface area (Å²) in [5.74, 6) is 2.56. The summed E-state index contributed by atoms with van der Waals surface area (Å²) in [6.07, 6.45) is -0.439. The van der Waals surface area contributed by atoms with E-state index in [0.29, 0.717) is 17.4 Å². The van der Waals surface area contributed by atoms with E-state index in [0.717, 1.165) is 28.0 Å². The maximum absolute atomic E-state index is 12.3. The number of anilines is 1. The van der Waals surface area contributed by atoms with Crippen molar-refractivity contribution in [2.75, 3.05) is 22.6 Å². The van der Waals surface area contributed by atoms with Crippen molar-refractivity contribution in [3.63, 3.8) is 0 Å². The van der Waals surface area contributed by atoms with Gasteiger partial charge in [-0.1, -0.05) is 30.3 Å². The van der Waals surface area contributed by atoms with Crippen LogP contribution in [-0.2, 0) is 14.3 Å². The first-order valence-electron chi connectivity index (χ1n) is 8.30. The number of carbonyl (C=O) groups is 2. The first-order chi connectivity index (χ1) is 12.1. The lowest BCUT2D eigenvalue weighted by Crippen LogP contribution is -2.31. The minimum Gasteiger partial charge on any atom is -0.452 e. The number of rotatable bonds is 5. The van der Waals surface area contributed by atoms with Crippen molar-refractivity contribution in [3.05, 3.63) is 42.5 Å². The number of carbonyl (C=O) groups excluding carboxylic acids is 2. The zero-order valence-electron chi connectivity index (χ0n) is 14.1. The standard InChI is InChI=1S/C19H21NO3S2/c1-13(23-18(21)11-17-12-24-8-9-25-17)19(22)20-16-7-6-14-4-2-3-5-15(14)10-16/h2-7,10,13,17H,8-9,11-12H2,1H3,(H,20,22). The number of hydrogen-bond donors (Lipinski definition) is 1. The molecule has 2 unspecified atom stereocenters. The molecular formula is C19H21NO3S2. The quantitative estimate of drug-likeness (QED) is 0.802. The van der Waals surface area contributed by atoms with Gasteiger partial charge in [-0.15, -0.1) is 0 Å². The normalized spacial score (nSPS) is 18.5. The van der Waals surface area contributed by atoms with Crippen LogP contribution in [0.4, 0.5) is 5.69 Å². The third kappa shape index (κ3) is 5.16. The van der Waals surface area contributed by atoms with Gasteiger partial charge < -0.3 is 10.1 Å². The molecule has 2 aromatic rings. The topological polar surface area (TPSA) is 55.4 Å². The Kier molecular flexibility index (Phi) is 6.26. The second-order valence-corrected chi connectivity index (χ2v) is 8.51. The fourth-order valence-electron chi connectivity index (χ4n) is 2.65. The van der Waals surface area contributed by atoms with E-state index in [9.17, 15) is 9.59 Å². The van der Waals surface area contributed by atoms with Gasteiger partial charge in [0.25, 0.3) is 5.91 Å². The highest BCUT2D eigenvalue weighted by atomic mass is 32.2. The zero-order chi connectivity index (χ0) is 17.6. The molecule has 1 N–H and O–H groups in total. The van der Waals surface area contributed by atoms with Gasteiger partial charge in [0.2, 0.25) is 0 Å². The summed E-state index contributed by atoms with van der Waals surface area (Å²) in [4.78, 5) is 24.3. The van der Waals surface area contributed by atoms with Crippen LogP contribution in [0.2, 0.25) is 0 Å². The van der Waals surface area contributed by atoms with Crippen molar-refractivity contribution >= 4 is 51.9 Å². The van der Waals surface area contributed by atoms with Crippen LogP contribution < -0.4 is 5.32 Å². The molecule has 6 heteroatoms. The first-order valence-corrected chi connectivity index (χ1v) is 10.5. The maximum atomic E-state index is 12.3. The molecule has 0 aromatic heterocycles. The van der Waals surface area contributed by atoms with E-state index in [4.69, 9.17) is 4.74 Å². The minimum atomic E-state index is -0.805. The molecule has 0 radical (unpaired) electrons. The Labute approximate surface area is 156 Å². The molecule has 4 nitrogen and oxygen atoms in total. The van der Waals surface area contributed by atoms with Crippen LogP contribution in [0.5, 0.6) is 0 Å². The highest BCUT2D eigenvalue weighted by molar-refractivity contribution is 8.06. The van der Waals surface area contributed by atoms with Gasteiger partial charge in [-0.25, -0.2) is 0 Å². The van der Waals surface area contributed by atoms with Crippen molar-refractivity contribution in [1.82, 2.24) is 0 Å². The third-order valence-electron chi connectivity index (χ3n) is 3.97. The van der Waals surface area contributed by atoms with E-state index in [1.807, 2.05) is 66.0 Å². The van der Waals surface area contributed by atoms with E-state index in [-0.39, 0.29) is 11.9 Å². The fraction of sp³-hybridized carbons (Fsp3) is 0.368. The van der Waals surface area contributed by atoms with E-state index < -0.39 is 6.10 Å². The van der Waals surface area contributed by atoms with Crippen molar-refractivity contribution < 1.29 is 14.3 Å². The molecule has 1 fully saturated rings. The van der Waals surface area contributed by atoms with Crippen LogP contribution in [-0.4, -0.2) is 40.5 Å². The molecule has 1 amide bonds. The summed E-state index contributed by atoms with van der Waals surface area (Å²) in [6.45, 7) is 1.61. The number of esters is 1. The van der Waals surface area contributed by atoms with Gasteiger partial charge in [-0.05, 0) is 29.8 Å². The Morgan fingerprint density at radius 2 is 2.00 bits per heavy atom. The number of benzene rings is 2. The number of thioether (sulfide) groups is 2. The molecule has 132 valence electrons. The largest absolute Gasteiger partial charge is 0.452 e. The Balaban J connectivity index is 1.53. The van der Waals surface area contributed by atoms with Crippen molar-refractivity contribution in [2.24, 2.45) is 0 Å². The van der Waals surface area contributed by atoms with E-state index in [1.54, 1.807) is 6.92 Å². The Hall–Kier alpha value is -1.66. The van der Waals surface area contributed by atoms with Gasteiger partial charge in [-0.3, -0.25) is 9.59 Å². The summed E-state index contributed by atoms with van der Waals surface area (Å²) < 4.78 is 5.30. The van der Waals surface area contributed by atoms with Crippen molar-refractivity contribution in [3.8, 4) is 0 Å². The summed E-state index contributed by atoms with van der Waals surface area (Å²) in [5.41, 5.74) is 0.700. The van der Waals surface area contributed by atoms with Gasteiger partial charge in [0.05, 0.1) is 6.42 Å². The van der Waals surface area contributed by atoms with Crippen LogP contribution in [0.1, 0.15) is 13.3 Å². The molecule has 1 aliphatic heterocycles. The summed E-state index contributed by atoms with van der Waals surface area (Å²) in [5, 5.41) is 5.28. The first kappa shape index (κ1) is 18.1. The van der Waals surface area contributed by atoms with Crippen LogP contribution in [0, 0.1) is 0 Å². The lowest BCUT2D eigenvalue weighted by atomic mass is 10.1. The van der Waals surface area contributed by atoms with Crippen molar-refractivity contribution in [2.45, 2.75) is 24.7 Å². The summed E-state index contributed by atoms with van der Waals surface area (Å²) in [6, 6.07) is 13.7. The van der Waals surface area contributed by atoms with Crippen LogP contribution in [0.15, 0.2) is 42.5 Å². The van der Waals surface area contributed by atoms with E-state index in [1.165, 1.54) is 0 Å². The predicted molar refractivity (Wildman–Crippen MR) is 106 cm³/mol. The number of nitrogens with one attached hydrogen (secondary N) is 1. The molecule has 3 rings (SSSR count). The molecule has 2 atom stereocenters. The molecule has 1 heterocycles. The SMILES string of the molecule is CC(OC(=O)CC1CSCCS1)C(=O)Nc1ccc2ccccc2c1. The Morgan fingerprint density at radius 3 is 2.76 bits per heavy atom.